The number of morpholine rings is 1. The van der Waals surface area contributed by atoms with Crippen molar-refractivity contribution in [3.05, 3.63) is 33.8 Å². The Balaban J connectivity index is 1.65. The largest absolute Gasteiger partial charge is 0.373 e. The molecule has 7 nitrogen and oxygen atoms in total. The molecule has 2 unspecified atom stereocenters. The van der Waals surface area contributed by atoms with Gasteiger partial charge in [0.25, 0.3) is 16.1 Å². The summed E-state index contributed by atoms with van der Waals surface area (Å²) in [5, 5.41) is 0. The monoisotopic (exact) mass is 459 g/mol. The van der Waals surface area contributed by atoms with Crippen LogP contribution in [0.2, 0.25) is 0 Å². The van der Waals surface area contributed by atoms with E-state index in [1.807, 2.05) is 32.9 Å². The number of piperazine rings is 1. The molecule has 3 rings (SSSR count). The molecule has 0 spiro atoms. The molecule has 2 atom stereocenters. The van der Waals surface area contributed by atoms with Crippen LogP contribution in [0.3, 0.4) is 0 Å². The first-order valence-electron chi connectivity index (χ1n) is 9.14. The van der Waals surface area contributed by atoms with Gasteiger partial charge in [0.2, 0.25) is 0 Å². The summed E-state index contributed by atoms with van der Waals surface area (Å²) in [5.41, 5.74) is 1.56. The standard InChI is InChI=1S/C18H26BrN3O4S/c1-13-10-16(19)4-5-17(13)18(23)20-6-8-21(9-7-20)27(24,25)22-11-14(2)26-15(3)12-22/h4-5,10,14-15H,6-9,11-12H2,1-3H3. The zero-order valence-electron chi connectivity index (χ0n) is 15.9. The fourth-order valence-corrected chi connectivity index (χ4v) is 5.87. The quantitative estimate of drug-likeness (QED) is 0.691. The summed E-state index contributed by atoms with van der Waals surface area (Å²) >= 11 is 3.41. The van der Waals surface area contributed by atoms with Crippen molar-refractivity contribution in [2.24, 2.45) is 0 Å². The Labute approximate surface area is 169 Å². The van der Waals surface area contributed by atoms with E-state index < -0.39 is 10.2 Å². The van der Waals surface area contributed by atoms with E-state index in [2.05, 4.69) is 15.9 Å². The highest BCUT2D eigenvalue weighted by Gasteiger charge is 2.37. The number of hydrogen-bond acceptors (Lipinski definition) is 4. The number of halogens is 1. The molecule has 2 heterocycles. The molecule has 1 aromatic rings. The van der Waals surface area contributed by atoms with Crippen molar-refractivity contribution in [1.82, 2.24) is 13.5 Å². The first-order chi connectivity index (χ1) is 12.7. The van der Waals surface area contributed by atoms with E-state index in [0.29, 0.717) is 44.8 Å². The third-order valence-electron chi connectivity index (χ3n) is 4.98. The van der Waals surface area contributed by atoms with Crippen LogP contribution in [0, 0.1) is 6.92 Å². The second-order valence-electron chi connectivity index (χ2n) is 7.23. The molecule has 2 aliphatic heterocycles. The lowest BCUT2D eigenvalue weighted by Crippen LogP contribution is -2.57. The minimum atomic E-state index is -3.54. The molecule has 0 saturated carbocycles. The number of benzene rings is 1. The number of nitrogens with zero attached hydrogens (tertiary/aromatic N) is 3. The predicted octanol–water partition coefficient (Wildman–Crippen LogP) is 1.87. The molecular formula is C18H26BrN3O4S. The van der Waals surface area contributed by atoms with Crippen LogP contribution in [0.25, 0.3) is 0 Å². The highest BCUT2D eigenvalue weighted by molar-refractivity contribution is 9.10. The average molecular weight is 460 g/mol. The van der Waals surface area contributed by atoms with Gasteiger partial charge in [-0.15, -0.1) is 0 Å². The first kappa shape index (κ1) is 20.7. The SMILES string of the molecule is Cc1cc(Br)ccc1C(=O)N1CCN(S(=O)(=O)N2CC(C)OC(C)C2)CC1. The van der Waals surface area contributed by atoms with Gasteiger partial charge in [-0.1, -0.05) is 15.9 Å². The van der Waals surface area contributed by atoms with Crippen LogP contribution in [0.5, 0.6) is 0 Å². The van der Waals surface area contributed by atoms with Gasteiger partial charge >= 0.3 is 0 Å². The van der Waals surface area contributed by atoms with Crippen LogP contribution in [-0.4, -0.2) is 79.3 Å². The molecule has 1 amide bonds. The van der Waals surface area contributed by atoms with E-state index >= 15 is 0 Å². The van der Waals surface area contributed by atoms with Crippen molar-refractivity contribution in [3.63, 3.8) is 0 Å². The number of carbonyl (C=O) groups excluding carboxylic acids is 1. The van der Waals surface area contributed by atoms with E-state index in [1.165, 1.54) is 8.61 Å². The van der Waals surface area contributed by atoms with E-state index in [4.69, 9.17) is 4.74 Å². The van der Waals surface area contributed by atoms with Crippen LogP contribution in [0.15, 0.2) is 22.7 Å². The number of carbonyl (C=O) groups is 1. The summed E-state index contributed by atoms with van der Waals surface area (Å²) in [6.45, 7) is 7.80. The molecule has 2 saturated heterocycles. The maximum atomic E-state index is 13.0. The maximum Gasteiger partial charge on any atom is 0.282 e. The Bertz CT molecular complexity index is 799. The van der Waals surface area contributed by atoms with Crippen molar-refractivity contribution in [2.45, 2.75) is 33.0 Å². The zero-order chi connectivity index (χ0) is 19.8. The van der Waals surface area contributed by atoms with Crippen LogP contribution in [0.4, 0.5) is 0 Å². The van der Waals surface area contributed by atoms with Crippen molar-refractivity contribution >= 4 is 32.0 Å². The van der Waals surface area contributed by atoms with Crippen LogP contribution < -0.4 is 0 Å². The summed E-state index contributed by atoms with van der Waals surface area (Å²) in [4.78, 5) is 14.5. The number of amides is 1. The molecule has 2 aliphatic rings. The van der Waals surface area contributed by atoms with Gasteiger partial charge in [-0.2, -0.15) is 17.0 Å². The summed E-state index contributed by atoms with van der Waals surface area (Å²) in [6.07, 6.45) is -0.237. The van der Waals surface area contributed by atoms with Gasteiger partial charge in [0.15, 0.2) is 0 Å². The van der Waals surface area contributed by atoms with Crippen LogP contribution in [-0.2, 0) is 14.9 Å². The summed E-state index contributed by atoms with van der Waals surface area (Å²) in [7, 11) is -3.54. The lowest BCUT2D eigenvalue weighted by Gasteiger charge is -2.40. The van der Waals surface area contributed by atoms with Crippen LogP contribution >= 0.6 is 15.9 Å². The van der Waals surface area contributed by atoms with Crippen molar-refractivity contribution in [2.75, 3.05) is 39.3 Å². The Kier molecular flexibility index (Phi) is 6.27. The molecule has 150 valence electrons. The van der Waals surface area contributed by atoms with Crippen molar-refractivity contribution < 1.29 is 17.9 Å². The Morgan fingerprint density at radius 2 is 1.67 bits per heavy atom. The van der Waals surface area contributed by atoms with Gasteiger partial charge in [0.05, 0.1) is 12.2 Å². The fourth-order valence-electron chi connectivity index (χ4n) is 3.64. The third-order valence-corrected chi connectivity index (χ3v) is 7.45. The van der Waals surface area contributed by atoms with E-state index in [1.54, 1.807) is 11.0 Å². The van der Waals surface area contributed by atoms with Gasteiger partial charge in [-0.25, -0.2) is 0 Å². The van der Waals surface area contributed by atoms with Crippen LogP contribution in [0.1, 0.15) is 29.8 Å². The average Bonchev–Trinajstić information content (AvgIpc) is 2.60. The molecule has 0 N–H and O–H groups in total. The van der Waals surface area contributed by atoms with E-state index in [-0.39, 0.29) is 18.1 Å². The summed E-state index contributed by atoms with van der Waals surface area (Å²) in [6, 6.07) is 5.57. The van der Waals surface area contributed by atoms with Gasteiger partial charge < -0.3 is 9.64 Å². The Hall–Kier alpha value is -1.00. The summed E-state index contributed by atoms with van der Waals surface area (Å²) in [5.74, 6) is -0.0503. The maximum absolute atomic E-state index is 13.0. The molecule has 9 heteroatoms. The molecule has 2 fully saturated rings. The molecular weight excluding hydrogens is 434 g/mol. The lowest BCUT2D eigenvalue weighted by molar-refractivity contribution is -0.0457. The number of rotatable bonds is 3. The number of ether oxygens (including phenoxy) is 1. The lowest BCUT2D eigenvalue weighted by atomic mass is 10.1. The minimum Gasteiger partial charge on any atom is -0.373 e. The number of aryl methyl sites for hydroxylation is 1. The topological polar surface area (TPSA) is 70.2 Å². The summed E-state index contributed by atoms with van der Waals surface area (Å²) < 4.78 is 35.5. The van der Waals surface area contributed by atoms with E-state index in [9.17, 15) is 13.2 Å². The number of hydrogen-bond donors (Lipinski definition) is 0. The minimum absolute atomic E-state index is 0.0503. The molecule has 1 aromatic carbocycles. The second-order valence-corrected chi connectivity index (χ2v) is 10.1. The fraction of sp³-hybridized carbons (Fsp3) is 0.611. The smallest absolute Gasteiger partial charge is 0.282 e. The normalized spacial score (nSPS) is 25.6. The third kappa shape index (κ3) is 4.54. The second kappa shape index (κ2) is 8.16. The first-order valence-corrected chi connectivity index (χ1v) is 11.3. The van der Waals surface area contributed by atoms with Gasteiger partial charge in [0.1, 0.15) is 0 Å². The van der Waals surface area contributed by atoms with Gasteiger partial charge in [-0.05, 0) is 44.5 Å². The molecule has 0 radical (unpaired) electrons. The van der Waals surface area contributed by atoms with Crippen molar-refractivity contribution in [3.8, 4) is 0 Å². The Morgan fingerprint density at radius 1 is 1.07 bits per heavy atom. The molecule has 0 bridgehead atoms. The molecule has 0 aromatic heterocycles. The van der Waals surface area contributed by atoms with Gasteiger partial charge in [-0.3, -0.25) is 4.79 Å². The van der Waals surface area contributed by atoms with Gasteiger partial charge in [0, 0.05) is 49.3 Å². The molecule has 27 heavy (non-hydrogen) atoms. The zero-order valence-corrected chi connectivity index (χ0v) is 18.3. The predicted molar refractivity (Wildman–Crippen MR) is 107 cm³/mol. The Morgan fingerprint density at radius 3 is 2.22 bits per heavy atom. The highest BCUT2D eigenvalue weighted by Crippen LogP contribution is 2.21. The highest BCUT2D eigenvalue weighted by atomic mass is 79.9. The van der Waals surface area contributed by atoms with Crippen molar-refractivity contribution in [1.29, 1.82) is 0 Å². The molecule has 0 aliphatic carbocycles. The van der Waals surface area contributed by atoms with E-state index in [0.717, 1.165) is 10.0 Å².